The number of rotatable bonds is 1. The summed E-state index contributed by atoms with van der Waals surface area (Å²) >= 11 is 5.60. The number of hydrogen-bond acceptors (Lipinski definition) is 1. The lowest BCUT2D eigenvalue weighted by molar-refractivity contribution is -0.106. The third kappa shape index (κ3) is 1.92. The van der Waals surface area contributed by atoms with Crippen molar-refractivity contribution in [3.8, 4) is 0 Å². The second-order valence-corrected chi connectivity index (χ2v) is 3.44. The molecule has 0 aromatic heterocycles. The first-order valence-electron chi connectivity index (χ1n) is 2.58. The van der Waals surface area contributed by atoms with Crippen molar-refractivity contribution in [2.24, 2.45) is 0 Å². The van der Waals surface area contributed by atoms with E-state index in [2.05, 4.69) is 0 Å². The Balaban J connectivity index is 2.58. The smallest absolute Gasteiger partial charge is 0.131 e. The molecule has 1 heterocycles. The van der Waals surface area contributed by atoms with Gasteiger partial charge in [0.1, 0.15) is 6.29 Å². The molecule has 3 heteroatoms. The van der Waals surface area contributed by atoms with Crippen molar-refractivity contribution in [1.82, 2.24) is 0 Å². The Morgan fingerprint density at radius 1 is 1.78 bits per heavy atom. The van der Waals surface area contributed by atoms with Gasteiger partial charge in [-0.3, -0.25) is 0 Å². The Bertz CT molecular complexity index is 174. The molecule has 0 aromatic carbocycles. The average Bonchev–Trinajstić information content (AvgIpc) is 1.90. The van der Waals surface area contributed by atoms with E-state index >= 15 is 0 Å². The largest absolute Gasteiger partial charge is 0.302 e. The Morgan fingerprint density at radius 2 is 2.56 bits per heavy atom. The summed E-state index contributed by atoms with van der Waals surface area (Å²) in [5.74, 6) is 1.88. The van der Waals surface area contributed by atoms with Gasteiger partial charge < -0.3 is 4.79 Å². The molecule has 0 spiro atoms. The summed E-state index contributed by atoms with van der Waals surface area (Å²) in [5.41, 5.74) is 0.0764. The molecule has 2 atom stereocenters. The number of hydrogen-bond donors (Lipinski definition) is 0. The van der Waals surface area contributed by atoms with Crippen LogP contribution < -0.4 is 0 Å². The van der Waals surface area contributed by atoms with E-state index in [-0.39, 0.29) is 5.66 Å². The fourth-order valence-electron chi connectivity index (χ4n) is 0.560. The second kappa shape index (κ2) is 3.14. The molecular weight excluding hydrogens is 154 g/mol. The first kappa shape index (κ1) is 6.98. The van der Waals surface area contributed by atoms with Crippen LogP contribution in [-0.2, 0) is 4.79 Å². The minimum atomic E-state index is 0.0764. The normalized spacial score (nSPS) is 28.1. The van der Waals surface area contributed by atoms with Gasteiger partial charge in [-0.25, -0.2) is 0 Å². The molecule has 0 saturated heterocycles. The number of carbonyl (C=O) groups is 1. The molecule has 0 bridgehead atoms. The van der Waals surface area contributed by atoms with Crippen LogP contribution in [0.2, 0.25) is 0 Å². The molecular formula is C6H6ClOP. The maximum atomic E-state index is 10.1. The van der Waals surface area contributed by atoms with Gasteiger partial charge in [-0.2, -0.15) is 0 Å². The first-order valence-corrected chi connectivity index (χ1v) is 4.11. The Morgan fingerprint density at radius 3 is 3.00 bits per heavy atom. The number of allylic oxidation sites excluding steroid dienone is 3. The van der Waals surface area contributed by atoms with Gasteiger partial charge in [-0.15, -0.1) is 0 Å². The summed E-state index contributed by atoms with van der Waals surface area (Å²) in [5, 5.41) is 0.742. The van der Waals surface area contributed by atoms with E-state index in [1.807, 2.05) is 11.9 Å². The van der Waals surface area contributed by atoms with Crippen LogP contribution in [0.15, 0.2) is 23.0 Å². The molecule has 0 saturated carbocycles. The molecule has 0 fully saturated rings. The molecule has 0 aromatic rings. The molecule has 9 heavy (non-hydrogen) atoms. The van der Waals surface area contributed by atoms with Crippen LogP contribution in [0.3, 0.4) is 0 Å². The highest BCUT2D eigenvalue weighted by Gasteiger charge is 2.04. The highest BCUT2D eigenvalue weighted by Crippen LogP contribution is 2.28. The summed E-state index contributed by atoms with van der Waals surface area (Å²) in [6.45, 7) is 0. The van der Waals surface area contributed by atoms with E-state index in [0.717, 1.165) is 11.3 Å². The standard InChI is InChI=1S/C6H6ClOP/c7-5-1-2-6(3-8)9-4-5/h1-4,6,9H. The van der Waals surface area contributed by atoms with Crippen molar-refractivity contribution < 1.29 is 4.79 Å². The summed E-state index contributed by atoms with van der Waals surface area (Å²) in [4.78, 5) is 10.1. The second-order valence-electron chi connectivity index (χ2n) is 1.72. The SMILES string of the molecule is O=CC1C=CC(Cl)=CP1. The van der Waals surface area contributed by atoms with Crippen LogP contribution in [0, 0.1) is 0 Å². The topological polar surface area (TPSA) is 17.1 Å². The fraction of sp³-hybridized carbons (Fsp3) is 0.167. The monoisotopic (exact) mass is 160 g/mol. The van der Waals surface area contributed by atoms with Crippen molar-refractivity contribution in [3.05, 3.63) is 23.0 Å². The van der Waals surface area contributed by atoms with Gasteiger partial charge in [0.05, 0.1) is 5.66 Å². The van der Waals surface area contributed by atoms with Gasteiger partial charge in [-0.05, 0) is 11.9 Å². The Labute approximate surface area is 60.6 Å². The van der Waals surface area contributed by atoms with E-state index in [1.165, 1.54) is 0 Å². The molecule has 0 aliphatic carbocycles. The number of aldehydes is 1. The average molecular weight is 161 g/mol. The molecule has 1 nitrogen and oxygen atoms in total. The molecule has 48 valence electrons. The highest BCUT2D eigenvalue weighted by molar-refractivity contribution is 7.44. The molecule has 2 unspecified atom stereocenters. The van der Waals surface area contributed by atoms with Crippen molar-refractivity contribution in [2.75, 3.05) is 0 Å². The number of carbonyl (C=O) groups excluding carboxylic acids is 1. The lowest BCUT2D eigenvalue weighted by atomic mass is 10.4. The van der Waals surface area contributed by atoms with Crippen LogP contribution in [0.5, 0.6) is 0 Å². The summed E-state index contributed by atoms with van der Waals surface area (Å²) in [6.07, 6.45) is 4.53. The highest BCUT2D eigenvalue weighted by atomic mass is 35.5. The Kier molecular flexibility index (Phi) is 2.44. The van der Waals surface area contributed by atoms with Crippen molar-refractivity contribution in [1.29, 1.82) is 0 Å². The zero-order valence-electron chi connectivity index (χ0n) is 4.67. The molecule has 0 radical (unpaired) electrons. The minimum absolute atomic E-state index is 0.0764. The fourth-order valence-corrected chi connectivity index (χ4v) is 1.56. The first-order chi connectivity index (χ1) is 4.33. The van der Waals surface area contributed by atoms with Crippen LogP contribution in [0.25, 0.3) is 0 Å². The van der Waals surface area contributed by atoms with Gasteiger partial charge in [0, 0.05) is 5.03 Å². The molecule has 1 aliphatic rings. The quantitative estimate of drug-likeness (QED) is 0.423. The van der Waals surface area contributed by atoms with Crippen LogP contribution in [0.1, 0.15) is 0 Å². The van der Waals surface area contributed by atoms with E-state index in [4.69, 9.17) is 11.6 Å². The predicted molar refractivity (Wildman–Crippen MR) is 41.2 cm³/mol. The van der Waals surface area contributed by atoms with Crippen LogP contribution >= 0.6 is 20.2 Å². The zero-order chi connectivity index (χ0) is 6.69. The van der Waals surface area contributed by atoms with Gasteiger partial charge >= 0.3 is 0 Å². The van der Waals surface area contributed by atoms with Gasteiger partial charge in [-0.1, -0.05) is 26.3 Å². The minimum Gasteiger partial charge on any atom is -0.302 e. The van der Waals surface area contributed by atoms with Crippen molar-refractivity contribution >= 4 is 26.5 Å². The lowest BCUT2D eigenvalue weighted by Gasteiger charge is -2.04. The van der Waals surface area contributed by atoms with Gasteiger partial charge in [0.2, 0.25) is 0 Å². The van der Waals surface area contributed by atoms with Gasteiger partial charge in [0.25, 0.3) is 0 Å². The third-order valence-corrected chi connectivity index (χ3v) is 2.63. The van der Waals surface area contributed by atoms with Crippen molar-refractivity contribution in [3.63, 3.8) is 0 Å². The van der Waals surface area contributed by atoms with Crippen LogP contribution in [0.4, 0.5) is 0 Å². The maximum Gasteiger partial charge on any atom is 0.131 e. The third-order valence-electron chi connectivity index (χ3n) is 1.02. The summed E-state index contributed by atoms with van der Waals surface area (Å²) in [6, 6.07) is 0. The summed E-state index contributed by atoms with van der Waals surface area (Å²) < 4.78 is 0. The molecule has 1 rings (SSSR count). The Hall–Kier alpha value is -0.130. The van der Waals surface area contributed by atoms with E-state index in [1.54, 1.807) is 6.08 Å². The molecule has 0 amide bonds. The summed E-state index contributed by atoms with van der Waals surface area (Å²) in [7, 11) is 0.524. The lowest BCUT2D eigenvalue weighted by Crippen LogP contribution is -1.97. The van der Waals surface area contributed by atoms with Gasteiger partial charge in [0.15, 0.2) is 0 Å². The predicted octanol–water partition coefficient (Wildman–Crippen LogP) is 1.88. The maximum absolute atomic E-state index is 10.1. The van der Waals surface area contributed by atoms with Crippen LogP contribution in [-0.4, -0.2) is 11.9 Å². The number of halogens is 1. The van der Waals surface area contributed by atoms with E-state index in [9.17, 15) is 4.79 Å². The van der Waals surface area contributed by atoms with Crippen molar-refractivity contribution in [2.45, 2.75) is 5.66 Å². The molecule has 0 N–H and O–H groups in total. The van der Waals surface area contributed by atoms with E-state index < -0.39 is 0 Å². The van der Waals surface area contributed by atoms with E-state index in [0.29, 0.717) is 8.58 Å². The zero-order valence-corrected chi connectivity index (χ0v) is 6.43. The molecule has 1 aliphatic heterocycles.